The maximum absolute atomic E-state index is 13.9. The number of halogens is 2. The fourth-order valence-electron chi connectivity index (χ4n) is 2.51. The maximum Gasteiger partial charge on any atom is 0.312 e. The van der Waals surface area contributed by atoms with Crippen LogP contribution in [0.1, 0.15) is 22.8 Å². The van der Waals surface area contributed by atoms with Crippen molar-refractivity contribution in [3.63, 3.8) is 0 Å². The Morgan fingerprint density at radius 2 is 2.11 bits per heavy atom. The van der Waals surface area contributed by atoms with E-state index in [1.165, 1.54) is 39.5 Å². The molecular weight excluding hydrogens is 409 g/mol. The van der Waals surface area contributed by atoms with Gasteiger partial charge in [-0.3, -0.25) is 14.8 Å². The topological polar surface area (TPSA) is 104 Å². The Morgan fingerprint density at radius 1 is 1.36 bits per heavy atom. The minimum absolute atomic E-state index is 0.00883. The van der Waals surface area contributed by atoms with Crippen LogP contribution in [0.25, 0.3) is 0 Å². The third kappa shape index (κ3) is 3.90. The fraction of sp³-hybridized carbons (Fsp3) is 0.250. The summed E-state index contributed by atoms with van der Waals surface area (Å²) in [4.78, 5) is 10.7. The molecule has 0 fully saturated rings. The molecule has 3 aromatic rings. The Hall–Kier alpha value is -2.79. The van der Waals surface area contributed by atoms with E-state index in [1.54, 1.807) is 26.8 Å². The van der Waals surface area contributed by atoms with Gasteiger partial charge in [0.25, 0.3) is 0 Å². The summed E-state index contributed by atoms with van der Waals surface area (Å²) < 4.78 is 16.9. The summed E-state index contributed by atoms with van der Waals surface area (Å²) in [6, 6.07) is 4.36. The third-order valence-corrected chi connectivity index (χ3v) is 5.13. The maximum atomic E-state index is 13.9. The van der Waals surface area contributed by atoms with Crippen molar-refractivity contribution < 1.29 is 9.31 Å². The number of benzene rings is 1. The first-order chi connectivity index (χ1) is 13.3. The Balaban J connectivity index is 1.83. The van der Waals surface area contributed by atoms with Crippen molar-refractivity contribution in [2.75, 3.05) is 0 Å². The van der Waals surface area contributed by atoms with Gasteiger partial charge in [-0.1, -0.05) is 29.4 Å². The van der Waals surface area contributed by atoms with Crippen LogP contribution in [0.3, 0.4) is 0 Å². The molecule has 0 aliphatic carbocycles. The summed E-state index contributed by atoms with van der Waals surface area (Å²) in [5.74, 6) is 0.269. The van der Waals surface area contributed by atoms with Crippen molar-refractivity contribution in [3.8, 4) is 0 Å². The van der Waals surface area contributed by atoms with Crippen LogP contribution in [0, 0.1) is 36.7 Å². The molecule has 0 radical (unpaired) electrons. The first kappa shape index (κ1) is 20.0. The minimum atomic E-state index is -0.494. The van der Waals surface area contributed by atoms with Gasteiger partial charge in [-0.25, -0.2) is 4.39 Å². The average molecular weight is 424 g/mol. The van der Waals surface area contributed by atoms with E-state index in [-0.39, 0.29) is 22.2 Å². The molecule has 12 heteroatoms. The van der Waals surface area contributed by atoms with Gasteiger partial charge >= 0.3 is 5.69 Å². The molecule has 0 aliphatic heterocycles. The highest BCUT2D eigenvalue weighted by molar-refractivity contribution is 7.98. The lowest BCUT2D eigenvalue weighted by atomic mass is 10.2. The van der Waals surface area contributed by atoms with Crippen LogP contribution in [0.15, 0.2) is 28.5 Å². The molecule has 1 aromatic carbocycles. The second kappa shape index (κ2) is 8.07. The summed E-state index contributed by atoms with van der Waals surface area (Å²) >= 11 is 7.25. The molecular formula is C16H15ClFN7O2S. The number of aryl methyl sites for hydroxylation is 2. The number of thioether (sulfide) groups is 1. The van der Waals surface area contributed by atoms with Gasteiger partial charge < -0.3 is 0 Å². The van der Waals surface area contributed by atoms with E-state index in [1.807, 2.05) is 0 Å². The van der Waals surface area contributed by atoms with E-state index in [4.69, 9.17) is 11.6 Å². The zero-order valence-corrected chi connectivity index (χ0v) is 16.7. The molecule has 0 N–H and O–H groups in total. The van der Waals surface area contributed by atoms with Crippen LogP contribution in [0.5, 0.6) is 0 Å². The summed E-state index contributed by atoms with van der Waals surface area (Å²) in [5, 5.41) is 28.2. The molecule has 0 saturated carbocycles. The molecule has 2 heterocycles. The Morgan fingerprint density at radius 3 is 2.75 bits per heavy atom. The van der Waals surface area contributed by atoms with E-state index in [2.05, 4.69) is 20.4 Å². The highest BCUT2D eigenvalue weighted by Crippen LogP contribution is 2.26. The van der Waals surface area contributed by atoms with Crippen molar-refractivity contribution in [2.45, 2.75) is 31.8 Å². The number of nitro groups is 1. The van der Waals surface area contributed by atoms with Crippen LogP contribution in [-0.4, -0.2) is 35.8 Å². The largest absolute Gasteiger partial charge is 0.312 e. The average Bonchev–Trinajstić information content (AvgIpc) is 3.11. The SMILES string of the molecule is Cc1nn(CSc2nnc(C)n2/N=C/c2c(F)cccc2Cl)c(C)c1[N+](=O)[O-]. The number of rotatable bonds is 6. The molecule has 0 aliphatic rings. The van der Waals surface area contributed by atoms with Gasteiger partial charge in [-0.2, -0.15) is 14.9 Å². The van der Waals surface area contributed by atoms with Gasteiger partial charge in [0.05, 0.1) is 22.0 Å². The van der Waals surface area contributed by atoms with Crippen molar-refractivity contribution in [1.29, 1.82) is 0 Å². The Kier molecular flexibility index (Phi) is 5.75. The van der Waals surface area contributed by atoms with Crippen molar-refractivity contribution >= 4 is 35.3 Å². The first-order valence-electron chi connectivity index (χ1n) is 8.01. The standard InChI is InChI=1S/C16H15ClFN7O2S/c1-9-15(25(26)27)10(2)23(22-9)8-28-16-21-20-11(3)24(16)19-7-12-13(17)5-4-6-14(12)18/h4-7H,8H2,1-3H3/b19-7+. The zero-order valence-electron chi connectivity index (χ0n) is 15.1. The van der Waals surface area contributed by atoms with E-state index >= 15 is 0 Å². The number of hydrogen-bond acceptors (Lipinski definition) is 7. The van der Waals surface area contributed by atoms with E-state index in [0.29, 0.717) is 22.4 Å². The number of nitrogens with zero attached hydrogens (tertiary/aromatic N) is 7. The Labute approximate surface area is 168 Å². The van der Waals surface area contributed by atoms with Gasteiger partial charge in [-0.05, 0) is 32.9 Å². The van der Waals surface area contributed by atoms with Gasteiger partial charge in [0, 0.05) is 5.56 Å². The lowest BCUT2D eigenvalue weighted by molar-refractivity contribution is -0.386. The van der Waals surface area contributed by atoms with Gasteiger partial charge in [0.1, 0.15) is 17.2 Å². The molecule has 9 nitrogen and oxygen atoms in total. The molecule has 0 bridgehead atoms. The van der Waals surface area contributed by atoms with Crippen molar-refractivity contribution in [3.05, 3.63) is 61.9 Å². The van der Waals surface area contributed by atoms with Gasteiger partial charge in [-0.15, -0.1) is 10.2 Å². The normalized spacial score (nSPS) is 11.5. The number of hydrogen-bond donors (Lipinski definition) is 0. The van der Waals surface area contributed by atoms with Gasteiger partial charge in [0.2, 0.25) is 5.16 Å². The quantitative estimate of drug-likeness (QED) is 0.259. The highest BCUT2D eigenvalue weighted by Gasteiger charge is 2.22. The first-order valence-corrected chi connectivity index (χ1v) is 9.37. The predicted molar refractivity (Wildman–Crippen MR) is 103 cm³/mol. The fourth-order valence-corrected chi connectivity index (χ4v) is 3.61. The van der Waals surface area contributed by atoms with Crippen LogP contribution in [-0.2, 0) is 5.88 Å². The van der Waals surface area contributed by atoms with E-state index < -0.39 is 10.7 Å². The van der Waals surface area contributed by atoms with Crippen LogP contribution < -0.4 is 0 Å². The highest BCUT2D eigenvalue weighted by atomic mass is 35.5. The lowest BCUT2D eigenvalue weighted by Crippen LogP contribution is -2.03. The Bertz CT molecular complexity index is 1060. The molecule has 0 atom stereocenters. The van der Waals surface area contributed by atoms with Crippen molar-refractivity contribution in [1.82, 2.24) is 24.7 Å². The van der Waals surface area contributed by atoms with Crippen molar-refractivity contribution in [2.24, 2.45) is 5.10 Å². The molecule has 0 unspecified atom stereocenters. The molecule has 0 amide bonds. The zero-order chi connectivity index (χ0) is 20.4. The third-order valence-electron chi connectivity index (χ3n) is 3.91. The molecule has 28 heavy (non-hydrogen) atoms. The van der Waals surface area contributed by atoms with Gasteiger partial charge in [0.15, 0.2) is 5.82 Å². The van der Waals surface area contributed by atoms with Crippen LogP contribution in [0.2, 0.25) is 5.02 Å². The summed E-state index contributed by atoms with van der Waals surface area (Å²) in [6.07, 6.45) is 1.30. The van der Waals surface area contributed by atoms with Crippen LogP contribution >= 0.6 is 23.4 Å². The summed E-state index contributed by atoms with van der Waals surface area (Å²) in [6.45, 7) is 4.92. The molecule has 146 valence electrons. The predicted octanol–water partition coefficient (Wildman–Crippen LogP) is 3.73. The second-order valence-corrected chi connectivity index (χ2v) is 7.09. The monoisotopic (exact) mass is 423 g/mol. The minimum Gasteiger partial charge on any atom is -0.258 e. The summed E-state index contributed by atoms with van der Waals surface area (Å²) in [5.41, 5.74) is 0.931. The molecule has 0 saturated heterocycles. The van der Waals surface area contributed by atoms with Crippen LogP contribution in [0.4, 0.5) is 10.1 Å². The molecule has 3 rings (SSSR count). The second-order valence-electron chi connectivity index (χ2n) is 5.77. The molecule has 2 aromatic heterocycles. The van der Waals surface area contributed by atoms with E-state index in [9.17, 15) is 14.5 Å². The molecule has 0 spiro atoms. The summed E-state index contributed by atoms with van der Waals surface area (Å²) in [7, 11) is 0. The number of aromatic nitrogens is 5. The lowest BCUT2D eigenvalue weighted by Gasteiger charge is -2.04. The smallest absolute Gasteiger partial charge is 0.258 e. The van der Waals surface area contributed by atoms with E-state index in [0.717, 1.165) is 0 Å².